The second-order valence-electron chi connectivity index (χ2n) is 4.85. The Kier molecular flexibility index (Phi) is 4.79. The number of carboxylic acid groups (broad SMARTS) is 1. The van der Waals surface area contributed by atoms with Gasteiger partial charge in [0.25, 0.3) is 5.89 Å². The molecule has 2 aromatic rings. The second kappa shape index (κ2) is 6.40. The molecule has 21 heavy (non-hydrogen) atoms. The van der Waals surface area contributed by atoms with E-state index in [9.17, 15) is 9.90 Å². The molecule has 0 aliphatic rings. The number of carboxylic acids is 1. The van der Waals surface area contributed by atoms with E-state index in [0.29, 0.717) is 22.7 Å². The number of halogens is 1. The molecule has 2 aromatic heterocycles. The lowest BCUT2D eigenvalue weighted by Crippen LogP contribution is -2.49. The first-order valence-corrected chi connectivity index (χ1v) is 7.30. The molecule has 0 bridgehead atoms. The molecular weight excluding hydrogens is 342 g/mol. The van der Waals surface area contributed by atoms with E-state index in [1.807, 2.05) is 6.92 Å². The predicted molar refractivity (Wildman–Crippen MR) is 77.5 cm³/mol. The van der Waals surface area contributed by atoms with Crippen molar-refractivity contribution in [1.29, 1.82) is 0 Å². The van der Waals surface area contributed by atoms with Crippen LogP contribution in [0.25, 0.3) is 11.7 Å². The third kappa shape index (κ3) is 3.70. The van der Waals surface area contributed by atoms with Gasteiger partial charge in [-0.1, -0.05) is 13.3 Å². The lowest BCUT2D eigenvalue weighted by atomic mass is 9.96. The van der Waals surface area contributed by atoms with Gasteiger partial charge in [0.05, 0.1) is 6.54 Å². The minimum absolute atomic E-state index is 0.178. The van der Waals surface area contributed by atoms with Crippen LogP contribution in [0.3, 0.4) is 0 Å². The van der Waals surface area contributed by atoms with E-state index in [4.69, 9.17) is 8.83 Å². The Morgan fingerprint density at radius 1 is 1.43 bits per heavy atom. The van der Waals surface area contributed by atoms with Gasteiger partial charge in [-0.25, -0.2) is 0 Å². The number of carbonyl (C=O) groups is 1. The van der Waals surface area contributed by atoms with Crippen molar-refractivity contribution >= 4 is 21.9 Å². The molecule has 0 spiro atoms. The summed E-state index contributed by atoms with van der Waals surface area (Å²) < 4.78 is 11.3. The predicted octanol–water partition coefficient (Wildman–Crippen LogP) is 2.83. The zero-order valence-electron chi connectivity index (χ0n) is 11.7. The molecule has 0 aromatic carbocycles. The molecule has 0 aliphatic carbocycles. The Hall–Kier alpha value is -1.67. The van der Waals surface area contributed by atoms with Gasteiger partial charge in [0.1, 0.15) is 5.54 Å². The van der Waals surface area contributed by atoms with E-state index in [0.717, 1.165) is 6.42 Å². The first-order chi connectivity index (χ1) is 9.94. The van der Waals surface area contributed by atoms with Crippen LogP contribution in [0.4, 0.5) is 0 Å². The summed E-state index contributed by atoms with van der Waals surface area (Å²) in [6.07, 6.45) is 1.26. The number of nitrogens with zero attached hydrogens (tertiary/aromatic N) is 2. The second-order valence-corrected chi connectivity index (χ2v) is 5.63. The molecular formula is C13H16BrN3O4. The summed E-state index contributed by atoms with van der Waals surface area (Å²) >= 11 is 3.19. The van der Waals surface area contributed by atoms with Gasteiger partial charge in [0, 0.05) is 0 Å². The summed E-state index contributed by atoms with van der Waals surface area (Å²) in [4.78, 5) is 11.3. The molecule has 8 heteroatoms. The van der Waals surface area contributed by atoms with Crippen molar-refractivity contribution in [3.05, 3.63) is 22.7 Å². The maximum Gasteiger partial charge on any atom is 0.323 e. The van der Waals surface area contributed by atoms with Gasteiger partial charge in [-0.3, -0.25) is 10.1 Å². The smallest absolute Gasteiger partial charge is 0.323 e. The molecule has 0 saturated carbocycles. The Morgan fingerprint density at radius 3 is 2.76 bits per heavy atom. The monoisotopic (exact) mass is 357 g/mol. The number of hydrogen-bond acceptors (Lipinski definition) is 6. The number of nitrogens with one attached hydrogen (secondary N) is 1. The molecule has 2 rings (SSSR count). The average Bonchev–Trinajstić information content (AvgIpc) is 3.05. The van der Waals surface area contributed by atoms with Gasteiger partial charge in [-0.05, 0) is 41.4 Å². The molecule has 2 heterocycles. The van der Waals surface area contributed by atoms with Crippen LogP contribution in [0.2, 0.25) is 0 Å². The fraction of sp³-hybridized carbons (Fsp3) is 0.462. The molecule has 0 aliphatic heterocycles. The van der Waals surface area contributed by atoms with Crippen molar-refractivity contribution in [3.63, 3.8) is 0 Å². The highest BCUT2D eigenvalue weighted by molar-refractivity contribution is 9.10. The third-order valence-electron chi connectivity index (χ3n) is 3.10. The van der Waals surface area contributed by atoms with E-state index in [1.165, 1.54) is 0 Å². The number of aromatic nitrogens is 2. The largest absolute Gasteiger partial charge is 0.480 e. The standard InChI is InChI=1S/C13H16BrN3O4/c1-3-6-13(2,12(18)19)15-7-10-16-17-11(21-10)8-4-5-9(14)20-8/h4-5,15H,3,6-7H2,1-2H3,(H,18,19). The zero-order chi connectivity index (χ0) is 15.5. The lowest BCUT2D eigenvalue weighted by molar-refractivity contribution is -0.144. The van der Waals surface area contributed by atoms with E-state index in [1.54, 1.807) is 19.1 Å². The van der Waals surface area contributed by atoms with Crippen LogP contribution in [0.5, 0.6) is 0 Å². The van der Waals surface area contributed by atoms with Crippen molar-refractivity contribution in [3.8, 4) is 11.7 Å². The van der Waals surface area contributed by atoms with Crippen LogP contribution in [-0.2, 0) is 11.3 Å². The summed E-state index contributed by atoms with van der Waals surface area (Å²) in [6, 6.07) is 3.42. The van der Waals surface area contributed by atoms with Gasteiger partial charge in [0.2, 0.25) is 5.89 Å². The summed E-state index contributed by atoms with van der Waals surface area (Å²) in [5.74, 6) is 0.111. The Bertz CT molecular complexity index is 624. The Morgan fingerprint density at radius 2 is 2.19 bits per heavy atom. The van der Waals surface area contributed by atoms with Crippen LogP contribution < -0.4 is 5.32 Å². The van der Waals surface area contributed by atoms with Crippen LogP contribution in [-0.4, -0.2) is 26.8 Å². The molecule has 0 saturated heterocycles. The minimum Gasteiger partial charge on any atom is -0.480 e. The maximum absolute atomic E-state index is 11.3. The van der Waals surface area contributed by atoms with Crippen LogP contribution >= 0.6 is 15.9 Å². The number of rotatable bonds is 7. The van der Waals surface area contributed by atoms with Crippen molar-refractivity contribution < 1.29 is 18.7 Å². The van der Waals surface area contributed by atoms with E-state index < -0.39 is 11.5 Å². The lowest BCUT2D eigenvalue weighted by Gasteiger charge is -2.24. The number of hydrogen-bond donors (Lipinski definition) is 2. The molecule has 7 nitrogen and oxygen atoms in total. The maximum atomic E-state index is 11.3. The molecule has 0 amide bonds. The quantitative estimate of drug-likeness (QED) is 0.785. The van der Waals surface area contributed by atoms with Crippen molar-refractivity contribution in [2.45, 2.75) is 38.8 Å². The van der Waals surface area contributed by atoms with E-state index >= 15 is 0 Å². The van der Waals surface area contributed by atoms with Gasteiger partial charge in [-0.2, -0.15) is 0 Å². The van der Waals surface area contributed by atoms with E-state index in [2.05, 4.69) is 31.4 Å². The average molecular weight is 358 g/mol. The third-order valence-corrected chi connectivity index (χ3v) is 3.53. The molecule has 114 valence electrons. The SMILES string of the molecule is CCCC(C)(NCc1nnc(-c2ccc(Br)o2)o1)C(=O)O. The highest BCUT2D eigenvalue weighted by Gasteiger charge is 2.32. The van der Waals surface area contributed by atoms with Gasteiger partial charge in [-0.15, -0.1) is 10.2 Å². The minimum atomic E-state index is -1.02. The highest BCUT2D eigenvalue weighted by atomic mass is 79.9. The normalized spacial score (nSPS) is 14.0. The van der Waals surface area contributed by atoms with Crippen molar-refractivity contribution in [2.24, 2.45) is 0 Å². The van der Waals surface area contributed by atoms with E-state index in [-0.39, 0.29) is 12.4 Å². The summed E-state index contributed by atoms with van der Waals surface area (Å²) in [5, 5.41) is 20.0. The molecule has 2 N–H and O–H groups in total. The van der Waals surface area contributed by atoms with Crippen LogP contribution in [0, 0.1) is 0 Å². The topological polar surface area (TPSA) is 101 Å². The van der Waals surface area contributed by atoms with Gasteiger partial charge < -0.3 is 13.9 Å². The van der Waals surface area contributed by atoms with Gasteiger partial charge >= 0.3 is 5.97 Å². The van der Waals surface area contributed by atoms with Gasteiger partial charge in [0.15, 0.2) is 10.4 Å². The van der Waals surface area contributed by atoms with Crippen molar-refractivity contribution in [1.82, 2.24) is 15.5 Å². The summed E-state index contributed by atoms with van der Waals surface area (Å²) in [7, 11) is 0. The summed E-state index contributed by atoms with van der Waals surface area (Å²) in [6.45, 7) is 3.75. The first kappa shape index (κ1) is 15.7. The Labute approximate surface area is 129 Å². The fourth-order valence-electron chi connectivity index (χ4n) is 1.90. The van der Waals surface area contributed by atoms with Crippen LogP contribution in [0.15, 0.2) is 25.6 Å². The molecule has 1 atom stereocenters. The zero-order valence-corrected chi connectivity index (χ0v) is 13.3. The number of aliphatic carboxylic acids is 1. The molecule has 0 radical (unpaired) electrons. The van der Waals surface area contributed by atoms with Crippen LogP contribution in [0.1, 0.15) is 32.6 Å². The number of furan rings is 1. The molecule has 1 unspecified atom stereocenters. The highest BCUT2D eigenvalue weighted by Crippen LogP contribution is 2.24. The fourth-order valence-corrected chi connectivity index (χ4v) is 2.20. The Balaban J connectivity index is 2.04. The van der Waals surface area contributed by atoms with Crippen molar-refractivity contribution in [2.75, 3.05) is 0 Å². The summed E-state index contributed by atoms with van der Waals surface area (Å²) in [5.41, 5.74) is -1.02. The first-order valence-electron chi connectivity index (χ1n) is 6.51. The molecule has 0 fully saturated rings.